The summed E-state index contributed by atoms with van der Waals surface area (Å²) in [5, 5.41) is 2.87. The fourth-order valence-electron chi connectivity index (χ4n) is 3.46. The highest BCUT2D eigenvalue weighted by molar-refractivity contribution is 6.04. The molecule has 1 saturated heterocycles. The summed E-state index contributed by atoms with van der Waals surface area (Å²) in [6.45, 7) is 4.77. The van der Waals surface area contributed by atoms with Crippen molar-refractivity contribution in [2.24, 2.45) is 0 Å². The molecule has 0 spiro atoms. The van der Waals surface area contributed by atoms with Gasteiger partial charge in [0, 0.05) is 31.7 Å². The number of anilines is 2. The van der Waals surface area contributed by atoms with Crippen LogP contribution < -0.4 is 10.2 Å². The molecule has 1 fully saturated rings. The van der Waals surface area contributed by atoms with E-state index in [4.69, 9.17) is 4.42 Å². The molecule has 1 aliphatic heterocycles. The first-order valence-electron chi connectivity index (χ1n) is 10.0. The Labute approximate surface area is 175 Å². The molecule has 0 aliphatic carbocycles. The van der Waals surface area contributed by atoms with E-state index >= 15 is 0 Å². The van der Waals surface area contributed by atoms with Crippen molar-refractivity contribution in [1.82, 2.24) is 9.88 Å². The van der Waals surface area contributed by atoms with Crippen LogP contribution in [0.1, 0.15) is 32.9 Å². The Morgan fingerprint density at radius 3 is 2.53 bits per heavy atom. The number of benzene rings is 1. The fourth-order valence-corrected chi connectivity index (χ4v) is 3.46. The maximum Gasteiger partial charge on any atom is 0.289 e. The molecule has 0 saturated carbocycles. The average molecular weight is 404 g/mol. The van der Waals surface area contributed by atoms with Gasteiger partial charge in [0.1, 0.15) is 5.82 Å². The Morgan fingerprint density at radius 1 is 1.00 bits per heavy atom. The molecule has 7 heteroatoms. The third-order valence-electron chi connectivity index (χ3n) is 5.16. The number of furan rings is 1. The second-order valence-corrected chi connectivity index (χ2v) is 7.34. The molecular weight excluding hydrogens is 380 g/mol. The molecule has 2 amide bonds. The molecule has 0 unspecified atom stereocenters. The minimum atomic E-state index is -0.161. The summed E-state index contributed by atoms with van der Waals surface area (Å²) in [5.41, 5.74) is 2.37. The molecule has 2 aromatic heterocycles. The third-order valence-corrected chi connectivity index (χ3v) is 5.16. The zero-order valence-electron chi connectivity index (χ0n) is 16.9. The van der Waals surface area contributed by atoms with Gasteiger partial charge in [0.25, 0.3) is 11.8 Å². The van der Waals surface area contributed by atoms with E-state index in [0.29, 0.717) is 36.6 Å². The van der Waals surface area contributed by atoms with Gasteiger partial charge >= 0.3 is 0 Å². The normalized spacial score (nSPS) is 14.3. The Kier molecular flexibility index (Phi) is 5.79. The maximum atomic E-state index is 12.5. The van der Waals surface area contributed by atoms with Crippen LogP contribution in [-0.2, 0) is 0 Å². The van der Waals surface area contributed by atoms with Gasteiger partial charge in [0.05, 0.1) is 18.1 Å². The highest BCUT2D eigenvalue weighted by Crippen LogP contribution is 2.18. The Balaban J connectivity index is 1.36. The minimum Gasteiger partial charge on any atom is -0.459 e. The lowest BCUT2D eigenvalue weighted by Gasteiger charge is -2.22. The summed E-state index contributed by atoms with van der Waals surface area (Å²) in [6.07, 6.45) is 4.03. The van der Waals surface area contributed by atoms with Crippen LogP contribution >= 0.6 is 0 Å². The number of aryl methyl sites for hydroxylation is 1. The van der Waals surface area contributed by atoms with Gasteiger partial charge in [0.2, 0.25) is 0 Å². The van der Waals surface area contributed by atoms with E-state index in [1.54, 1.807) is 30.5 Å². The van der Waals surface area contributed by atoms with Gasteiger partial charge in [-0.1, -0.05) is 17.7 Å². The van der Waals surface area contributed by atoms with Crippen molar-refractivity contribution in [2.75, 3.05) is 36.4 Å². The summed E-state index contributed by atoms with van der Waals surface area (Å²) in [4.78, 5) is 33.3. The van der Waals surface area contributed by atoms with Crippen LogP contribution in [0.3, 0.4) is 0 Å². The largest absolute Gasteiger partial charge is 0.459 e. The molecule has 30 heavy (non-hydrogen) atoms. The number of amides is 2. The van der Waals surface area contributed by atoms with Crippen molar-refractivity contribution >= 4 is 23.3 Å². The van der Waals surface area contributed by atoms with Crippen LogP contribution in [0, 0.1) is 6.92 Å². The standard InChI is InChI=1S/C23H24N4O3/c1-17-5-7-18(8-6-17)22(28)25-19-9-10-21(24-16-19)26-11-3-12-27(14-13-26)23(29)20-4-2-15-30-20/h2,4-10,15-16H,3,11-14H2,1H3,(H,25,28). The van der Waals surface area contributed by atoms with E-state index in [1.807, 2.05) is 36.1 Å². The molecule has 1 N–H and O–H groups in total. The summed E-state index contributed by atoms with van der Waals surface area (Å²) < 4.78 is 5.23. The smallest absolute Gasteiger partial charge is 0.289 e. The quantitative estimate of drug-likeness (QED) is 0.719. The van der Waals surface area contributed by atoms with E-state index in [-0.39, 0.29) is 11.8 Å². The molecule has 7 nitrogen and oxygen atoms in total. The van der Waals surface area contributed by atoms with Gasteiger partial charge in [-0.3, -0.25) is 9.59 Å². The SMILES string of the molecule is Cc1ccc(C(=O)Nc2ccc(N3CCCN(C(=O)c4ccco4)CC3)nc2)cc1. The molecule has 0 radical (unpaired) electrons. The topological polar surface area (TPSA) is 78.7 Å². The molecule has 3 heterocycles. The molecule has 4 rings (SSSR count). The van der Waals surface area contributed by atoms with Gasteiger partial charge in [-0.25, -0.2) is 4.98 Å². The van der Waals surface area contributed by atoms with Crippen molar-refractivity contribution in [3.8, 4) is 0 Å². The first kappa shape index (κ1) is 19.7. The summed E-state index contributed by atoms with van der Waals surface area (Å²) in [6, 6.07) is 14.6. The van der Waals surface area contributed by atoms with Crippen LogP contribution in [0.25, 0.3) is 0 Å². The van der Waals surface area contributed by atoms with Gasteiger partial charge in [-0.05, 0) is 49.7 Å². The predicted octanol–water partition coefficient (Wildman–Crippen LogP) is 3.59. The summed E-state index contributed by atoms with van der Waals surface area (Å²) in [5.74, 6) is 0.959. The summed E-state index contributed by atoms with van der Waals surface area (Å²) >= 11 is 0. The van der Waals surface area contributed by atoms with E-state index in [1.165, 1.54) is 6.26 Å². The van der Waals surface area contributed by atoms with Crippen molar-refractivity contribution in [2.45, 2.75) is 13.3 Å². The Bertz CT molecular complexity index is 998. The maximum absolute atomic E-state index is 12.5. The van der Waals surface area contributed by atoms with Crippen molar-refractivity contribution in [3.63, 3.8) is 0 Å². The lowest BCUT2D eigenvalue weighted by molar-refractivity contribution is 0.0735. The molecule has 0 bridgehead atoms. The van der Waals surface area contributed by atoms with Crippen LogP contribution in [0.5, 0.6) is 0 Å². The van der Waals surface area contributed by atoms with Gasteiger partial charge in [-0.15, -0.1) is 0 Å². The number of hydrogen-bond acceptors (Lipinski definition) is 5. The average Bonchev–Trinajstić information content (AvgIpc) is 3.19. The van der Waals surface area contributed by atoms with Crippen LogP contribution in [-0.4, -0.2) is 47.9 Å². The lowest BCUT2D eigenvalue weighted by Crippen LogP contribution is -2.35. The number of carbonyl (C=O) groups is 2. The lowest BCUT2D eigenvalue weighted by atomic mass is 10.1. The molecule has 1 aliphatic rings. The Morgan fingerprint density at radius 2 is 1.83 bits per heavy atom. The van der Waals surface area contributed by atoms with E-state index in [0.717, 1.165) is 24.3 Å². The molecule has 0 atom stereocenters. The van der Waals surface area contributed by atoms with E-state index < -0.39 is 0 Å². The zero-order valence-corrected chi connectivity index (χ0v) is 16.9. The molecular formula is C23H24N4O3. The molecule has 3 aromatic rings. The predicted molar refractivity (Wildman–Crippen MR) is 115 cm³/mol. The number of nitrogens with one attached hydrogen (secondary N) is 1. The minimum absolute atomic E-state index is 0.0797. The van der Waals surface area contributed by atoms with Crippen LogP contribution in [0.4, 0.5) is 11.5 Å². The van der Waals surface area contributed by atoms with Crippen LogP contribution in [0.15, 0.2) is 65.4 Å². The van der Waals surface area contributed by atoms with Gasteiger partial charge in [0.15, 0.2) is 5.76 Å². The van der Waals surface area contributed by atoms with Crippen LogP contribution in [0.2, 0.25) is 0 Å². The third kappa shape index (κ3) is 4.51. The Hall–Kier alpha value is -3.61. The number of pyridine rings is 1. The second kappa shape index (κ2) is 8.82. The first-order chi connectivity index (χ1) is 14.6. The number of aromatic nitrogens is 1. The second-order valence-electron chi connectivity index (χ2n) is 7.34. The number of rotatable bonds is 4. The molecule has 1 aromatic carbocycles. The van der Waals surface area contributed by atoms with Crippen molar-refractivity contribution in [3.05, 3.63) is 77.9 Å². The fraction of sp³-hybridized carbons (Fsp3) is 0.261. The number of hydrogen-bond donors (Lipinski definition) is 1. The zero-order chi connectivity index (χ0) is 20.9. The molecule has 154 valence electrons. The summed E-state index contributed by atoms with van der Waals surface area (Å²) in [7, 11) is 0. The van der Waals surface area contributed by atoms with Gasteiger partial charge in [-0.2, -0.15) is 0 Å². The number of carbonyl (C=O) groups excluding carboxylic acids is 2. The highest BCUT2D eigenvalue weighted by atomic mass is 16.3. The van der Waals surface area contributed by atoms with E-state index in [9.17, 15) is 9.59 Å². The van der Waals surface area contributed by atoms with Crippen molar-refractivity contribution < 1.29 is 14.0 Å². The monoisotopic (exact) mass is 404 g/mol. The highest BCUT2D eigenvalue weighted by Gasteiger charge is 2.22. The first-order valence-corrected chi connectivity index (χ1v) is 10.0. The van der Waals surface area contributed by atoms with E-state index in [2.05, 4.69) is 15.2 Å². The number of nitrogens with zero attached hydrogens (tertiary/aromatic N) is 3. The van der Waals surface area contributed by atoms with Gasteiger partial charge < -0.3 is 19.5 Å². The van der Waals surface area contributed by atoms with Crippen molar-refractivity contribution in [1.29, 1.82) is 0 Å².